The number of nitrogens with one attached hydrogen (secondary N) is 2. The van der Waals surface area contributed by atoms with Crippen LogP contribution in [0.4, 0.5) is 10.2 Å². The summed E-state index contributed by atoms with van der Waals surface area (Å²) in [5.74, 6) is 0.461. The van der Waals surface area contributed by atoms with Gasteiger partial charge in [0.15, 0.2) is 5.82 Å². The second-order valence-electron chi connectivity index (χ2n) is 6.32. The highest BCUT2D eigenvalue weighted by Gasteiger charge is 2.11. The molecule has 4 rings (SSSR count). The summed E-state index contributed by atoms with van der Waals surface area (Å²) in [5.41, 5.74) is 1.98. The number of fused-ring (bicyclic) bond motifs is 1. The molecule has 0 radical (unpaired) electrons. The van der Waals surface area contributed by atoms with Gasteiger partial charge in [-0.3, -0.25) is 4.79 Å². The van der Waals surface area contributed by atoms with Crippen LogP contribution in [0, 0.1) is 5.82 Å². The average molecular weight is 411 g/mol. The third kappa shape index (κ3) is 4.52. The number of benzene rings is 2. The number of halogens is 2. The molecule has 0 bridgehead atoms. The van der Waals surface area contributed by atoms with E-state index in [1.54, 1.807) is 30.3 Å². The summed E-state index contributed by atoms with van der Waals surface area (Å²) in [6, 6.07) is 13.1. The maximum Gasteiger partial charge on any atom is 0.254 e. The molecule has 0 atom stereocenters. The number of aromatic nitrogens is 2. The van der Waals surface area contributed by atoms with Crippen LogP contribution in [0.5, 0.6) is 0 Å². The first-order valence-electron chi connectivity index (χ1n) is 8.83. The molecular weight excluding hydrogens is 395 g/mol. The summed E-state index contributed by atoms with van der Waals surface area (Å²) in [7, 11) is 0. The second kappa shape index (κ2) is 8.28. The number of nitrogens with zero attached hydrogens (tertiary/aromatic N) is 2. The van der Waals surface area contributed by atoms with Crippen molar-refractivity contribution in [2.45, 2.75) is 13.1 Å². The van der Waals surface area contributed by atoms with E-state index in [1.165, 1.54) is 24.7 Å². The molecule has 146 valence electrons. The van der Waals surface area contributed by atoms with E-state index in [9.17, 15) is 9.18 Å². The van der Waals surface area contributed by atoms with Gasteiger partial charge < -0.3 is 15.1 Å². The molecule has 0 aliphatic carbocycles. The quantitative estimate of drug-likeness (QED) is 0.487. The number of hydrogen-bond donors (Lipinski definition) is 2. The third-order valence-electron chi connectivity index (χ3n) is 4.27. The van der Waals surface area contributed by atoms with Crippen molar-refractivity contribution in [3.05, 3.63) is 88.8 Å². The predicted octanol–water partition coefficient (Wildman–Crippen LogP) is 4.56. The van der Waals surface area contributed by atoms with E-state index in [0.29, 0.717) is 34.3 Å². The molecule has 0 fully saturated rings. The van der Waals surface area contributed by atoms with E-state index in [-0.39, 0.29) is 18.3 Å². The molecule has 2 aromatic heterocycles. The molecule has 8 heteroatoms. The first kappa shape index (κ1) is 18.9. The molecule has 0 spiro atoms. The van der Waals surface area contributed by atoms with Crippen LogP contribution in [0.2, 0.25) is 5.02 Å². The fraction of sp³-hybridized carbons (Fsp3) is 0.0952. The standard InChI is InChI=1S/C21H16ClFN4O2/c22-15-3-6-17-18(9-15)26-19(11-25-21(28)14-7-8-29-12-14)27-20(17)24-10-13-1-4-16(23)5-2-13/h1-9,12H,10-11H2,(H,25,28)(H,24,26,27). The topological polar surface area (TPSA) is 80.0 Å². The number of hydrogen-bond acceptors (Lipinski definition) is 5. The van der Waals surface area contributed by atoms with Gasteiger partial charge in [0.1, 0.15) is 17.9 Å². The summed E-state index contributed by atoms with van der Waals surface area (Å²) in [5, 5.41) is 7.36. The van der Waals surface area contributed by atoms with E-state index >= 15 is 0 Å². The van der Waals surface area contributed by atoms with Crippen molar-refractivity contribution >= 4 is 34.2 Å². The van der Waals surface area contributed by atoms with Crippen molar-refractivity contribution in [1.29, 1.82) is 0 Å². The van der Waals surface area contributed by atoms with Gasteiger partial charge in [-0.1, -0.05) is 23.7 Å². The van der Waals surface area contributed by atoms with Crippen LogP contribution in [-0.2, 0) is 13.1 Å². The fourth-order valence-corrected chi connectivity index (χ4v) is 2.97. The Bertz CT molecular complexity index is 1150. The van der Waals surface area contributed by atoms with Gasteiger partial charge >= 0.3 is 0 Å². The molecule has 2 aromatic carbocycles. The SMILES string of the molecule is O=C(NCc1nc(NCc2ccc(F)cc2)c2ccc(Cl)cc2n1)c1ccoc1. The van der Waals surface area contributed by atoms with Gasteiger partial charge in [-0.25, -0.2) is 14.4 Å². The predicted molar refractivity (Wildman–Crippen MR) is 108 cm³/mol. The Morgan fingerprint density at radius 2 is 1.90 bits per heavy atom. The summed E-state index contributed by atoms with van der Waals surface area (Å²) < 4.78 is 18.0. The number of rotatable bonds is 6. The minimum absolute atomic E-state index is 0.137. The molecule has 0 aliphatic heterocycles. The lowest BCUT2D eigenvalue weighted by atomic mass is 10.2. The van der Waals surface area contributed by atoms with Crippen molar-refractivity contribution in [2.24, 2.45) is 0 Å². The van der Waals surface area contributed by atoms with Gasteiger partial charge in [0.2, 0.25) is 0 Å². The van der Waals surface area contributed by atoms with Crippen molar-refractivity contribution in [2.75, 3.05) is 5.32 Å². The van der Waals surface area contributed by atoms with Gasteiger partial charge in [-0.05, 0) is 42.0 Å². The molecule has 0 unspecified atom stereocenters. The minimum atomic E-state index is -0.286. The maximum atomic E-state index is 13.1. The Kier molecular flexibility index (Phi) is 5.39. The van der Waals surface area contributed by atoms with E-state index < -0.39 is 0 Å². The molecule has 4 aromatic rings. The molecular formula is C21H16ClFN4O2. The van der Waals surface area contributed by atoms with Crippen molar-refractivity contribution in [3.63, 3.8) is 0 Å². The Hall–Kier alpha value is -3.45. The van der Waals surface area contributed by atoms with Crippen LogP contribution < -0.4 is 10.6 Å². The van der Waals surface area contributed by atoms with Crippen molar-refractivity contribution < 1.29 is 13.6 Å². The Morgan fingerprint density at radius 1 is 1.07 bits per heavy atom. The molecule has 0 saturated heterocycles. The first-order chi connectivity index (χ1) is 14.1. The summed E-state index contributed by atoms with van der Waals surface area (Å²) >= 11 is 6.11. The maximum absolute atomic E-state index is 13.1. The number of carbonyl (C=O) groups is 1. The Labute approximate surface area is 170 Å². The van der Waals surface area contributed by atoms with Gasteiger partial charge in [0.25, 0.3) is 5.91 Å². The molecule has 2 N–H and O–H groups in total. The van der Waals surface area contributed by atoms with Gasteiger partial charge in [0, 0.05) is 17.0 Å². The van der Waals surface area contributed by atoms with Gasteiger partial charge in [0.05, 0.1) is 23.9 Å². The molecule has 0 aliphatic rings. The highest BCUT2D eigenvalue weighted by molar-refractivity contribution is 6.31. The normalized spacial score (nSPS) is 10.8. The minimum Gasteiger partial charge on any atom is -0.472 e. The number of anilines is 1. The van der Waals surface area contributed by atoms with Crippen molar-refractivity contribution in [3.8, 4) is 0 Å². The van der Waals surface area contributed by atoms with E-state index in [0.717, 1.165) is 10.9 Å². The zero-order valence-electron chi connectivity index (χ0n) is 15.2. The zero-order chi connectivity index (χ0) is 20.2. The fourth-order valence-electron chi connectivity index (χ4n) is 2.81. The Balaban J connectivity index is 1.57. The van der Waals surface area contributed by atoms with Crippen LogP contribution >= 0.6 is 11.6 Å². The lowest BCUT2D eigenvalue weighted by Crippen LogP contribution is -2.23. The van der Waals surface area contributed by atoms with Crippen LogP contribution in [-0.4, -0.2) is 15.9 Å². The number of amides is 1. The van der Waals surface area contributed by atoms with E-state index in [1.807, 2.05) is 6.07 Å². The largest absolute Gasteiger partial charge is 0.472 e. The molecule has 0 saturated carbocycles. The lowest BCUT2D eigenvalue weighted by molar-refractivity contribution is 0.0949. The lowest BCUT2D eigenvalue weighted by Gasteiger charge is -2.12. The average Bonchev–Trinajstić information content (AvgIpc) is 3.26. The monoisotopic (exact) mass is 410 g/mol. The number of carbonyl (C=O) groups excluding carboxylic acids is 1. The third-order valence-corrected chi connectivity index (χ3v) is 4.50. The number of furan rings is 1. The summed E-state index contributed by atoms with van der Waals surface area (Å²) in [4.78, 5) is 21.2. The van der Waals surface area contributed by atoms with Crippen LogP contribution in [0.15, 0.2) is 65.5 Å². The summed E-state index contributed by atoms with van der Waals surface area (Å²) in [6.45, 7) is 0.591. The van der Waals surface area contributed by atoms with Crippen molar-refractivity contribution in [1.82, 2.24) is 15.3 Å². The molecule has 6 nitrogen and oxygen atoms in total. The van der Waals surface area contributed by atoms with Crippen LogP contribution in [0.1, 0.15) is 21.7 Å². The highest BCUT2D eigenvalue weighted by Crippen LogP contribution is 2.24. The highest BCUT2D eigenvalue weighted by atomic mass is 35.5. The van der Waals surface area contributed by atoms with Crippen LogP contribution in [0.25, 0.3) is 10.9 Å². The smallest absolute Gasteiger partial charge is 0.254 e. The van der Waals surface area contributed by atoms with Crippen LogP contribution in [0.3, 0.4) is 0 Å². The van der Waals surface area contributed by atoms with E-state index in [2.05, 4.69) is 20.6 Å². The molecule has 1 amide bonds. The van der Waals surface area contributed by atoms with E-state index in [4.69, 9.17) is 16.0 Å². The Morgan fingerprint density at radius 3 is 2.66 bits per heavy atom. The first-order valence-corrected chi connectivity index (χ1v) is 9.21. The molecule has 2 heterocycles. The zero-order valence-corrected chi connectivity index (χ0v) is 15.9. The van der Waals surface area contributed by atoms with Gasteiger partial charge in [-0.2, -0.15) is 0 Å². The second-order valence-corrected chi connectivity index (χ2v) is 6.76. The molecule has 29 heavy (non-hydrogen) atoms. The van der Waals surface area contributed by atoms with Gasteiger partial charge in [-0.15, -0.1) is 0 Å². The summed E-state index contributed by atoms with van der Waals surface area (Å²) in [6.07, 6.45) is 2.80.